The van der Waals surface area contributed by atoms with E-state index in [2.05, 4.69) is 11.9 Å². The number of H-pyrrole nitrogens is 1. The minimum Gasteiger partial charge on any atom is -0.477 e. The van der Waals surface area contributed by atoms with Gasteiger partial charge in [0.25, 0.3) is 0 Å². The third-order valence-electron chi connectivity index (χ3n) is 2.98. The molecule has 1 aromatic carbocycles. The fraction of sp³-hybridized carbons (Fsp3) is 0.308. The van der Waals surface area contributed by atoms with E-state index < -0.39 is 5.97 Å². The molecule has 0 radical (unpaired) electrons. The number of hydrogen-bond donors (Lipinski definition) is 2. The first-order valence-electron chi connectivity index (χ1n) is 5.54. The second kappa shape index (κ2) is 4.00. The van der Waals surface area contributed by atoms with Gasteiger partial charge in [-0.2, -0.15) is 0 Å². The maximum atomic E-state index is 11.1. The molecule has 3 nitrogen and oxygen atoms in total. The van der Waals surface area contributed by atoms with E-state index in [4.69, 9.17) is 5.11 Å². The summed E-state index contributed by atoms with van der Waals surface area (Å²) in [4.78, 5) is 14.2. The summed E-state index contributed by atoms with van der Waals surface area (Å²) in [7, 11) is 0. The number of hydrogen-bond acceptors (Lipinski definition) is 1. The maximum Gasteiger partial charge on any atom is 0.352 e. The molecule has 0 unspecified atom stereocenters. The summed E-state index contributed by atoms with van der Waals surface area (Å²) in [6.45, 7) is 4.05. The van der Waals surface area contributed by atoms with Crippen LogP contribution in [0.25, 0.3) is 10.9 Å². The number of fused-ring (bicyclic) bond motifs is 1. The fourth-order valence-corrected chi connectivity index (χ4v) is 2.18. The lowest BCUT2D eigenvalue weighted by molar-refractivity contribution is 0.0690. The Labute approximate surface area is 94.1 Å². The number of aromatic amines is 1. The van der Waals surface area contributed by atoms with Gasteiger partial charge in [0.2, 0.25) is 0 Å². The molecule has 0 aliphatic rings. The zero-order valence-corrected chi connectivity index (χ0v) is 9.50. The van der Waals surface area contributed by atoms with Gasteiger partial charge in [0.1, 0.15) is 5.69 Å². The number of aromatic carboxylic acids is 1. The van der Waals surface area contributed by atoms with Gasteiger partial charge in [0.15, 0.2) is 0 Å². The Morgan fingerprint density at radius 1 is 1.31 bits per heavy atom. The number of nitrogens with one attached hydrogen (secondary N) is 1. The number of aromatic nitrogens is 1. The Balaban J connectivity index is 2.80. The summed E-state index contributed by atoms with van der Waals surface area (Å²) in [6.07, 6.45) is 1.63. The minimum absolute atomic E-state index is 0.332. The van der Waals surface area contributed by atoms with Crippen LogP contribution in [0.2, 0.25) is 0 Å². The van der Waals surface area contributed by atoms with Crippen LogP contribution in [0.5, 0.6) is 0 Å². The summed E-state index contributed by atoms with van der Waals surface area (Å²) in [5.74, 6) is -0.880. The van der Waals surface area contributed by atoms with E-state index in [-0.39, 0.29) is 0 Å². The van der Waals surface area contributed by atoms with Crippen LogP contribution >= 0.6 is 0 Å². The van der Waals surface area contributed by atoms with Crippen LogP contribution in [-0.4, -0.2) is 16.1 Å². The predicted molar refractivity (Wildman–Crippen MR) is 64.0 cm³/mol. The van der Waals surface area contributed by atoms with Crippen molar-refractivity contribution >= 4 is 16.9 Å². The van der Waals surface area contributed by atoms with E-state index in [1.165, 1.54) is 5.56 Å². The molecule has 2 rings (SSSR count). The topological polar surface area (TPSA) is 53.1 Å². The highest BCUT2D eigenvalue weighted by Gasteiger charge is 2.16. The molecule has 2 N–H and O–H groups in total. The van der Waals surface area contributed by atoms with Gasteiger partial charge in [-0.25, -0.2) is 4.79 Å². The molecule has 0 saturated heterocycles. The van der Waals surface area contributed by atoms with Crippen LogP contribution in [0.4, 0.5) is 0 Å². The monoisotopic (exact) mass is 217 g/mol. The van der Waals surface area contributed by atoms with Crippen molar-refractivity contribution < 1.29 is 9.90 Å². The lowest BCUT2D eigenvalue weighted by atomic mass is 10.0. The number of aryl methyl sites for hydroxylation is 2. The number of carboxylic acid groups (broad SMARTS) is 1. The third kappa shape index (κ3) is 1.48. The predicted octanol–water partition coefficient (Wildman–Crippen LogP) is 2.99. The summed E-state index contributed by atoms with van der Waals surface area (Å²) in [5.41, 5.74) is 3.37. The first-order valence-corrected chi connectivity index (χ1v) is 5.54. The standard InChI is InChI=1S/C13H15NO2/c1-3-8-6-5-7-10-9(4-2)12(13(15)16)14-11(8)10/h5-7,14H,3-4H2,1-2H3,(H,15,16). The van der Waals surface area contributed by atoms with Crippen molar-refractivity contribution in [2.45, 2.75) is 26.7 Å². The van der Waals surface area contributed by atoms with Crippen molar-refractivity contribution in [3.8, 4) is 0 Å². The smallest absolute Gasteiger partial charge is 0.352 e. The Morgan fingerprint density at radius 3 is 2.62 bits per heavy atom. The molecule has 1 heterocycles. The van der Waals surface area contributed by atoms with Gasteiger partial charge >= 0.3 is 5.97 Å². The molecule has 0 aliphatic heterocycles. The molecular weight excluding hydrogens is 202 g/mol. The maximum absolute atomic E-state index is 11.1. The van der Waals surface area contributed by atoms with Gasteiger partial charge in [0, 0.05) is 10.9 Å². The largest absolute Gasteiger partial charge is 0.477 e. The molecule has 0 bridgehead atoms. The number of rotatable bonds is 3. The average molecular weight is 217 g/mol. The summed E-state index contributed by atoms with van der Waals surface area (Å²) >= 11 is 0. The van der Waals surface area contributed by atoms with Gasteiger partial charge in [-0.3, -0.25) is 0 Å². The first-order chi connectivity index (χ1) is 7.69. The van der Waals surface area contributed by atoms with E-state index in [0.717, 1.165) is 29.3 Å². The van der Waals surface area contributed by atoms with E-state index >= 15 is 0 Å². The lowest BCUT2D eigenvalue weighted by Gasteiger charge is -1.99. The Morgan fingerprint density at radius 2 is 2.06 bits per heavy atom. The highest BCUT2D eigenvalue weighted by atomic mass is 16.4. The molecule has 0 amide bonds. The van der Waals surface area contributed by atoms with Crippen molar-refractivity contribution in [3.05, 3.63) is 35.0 Å². The number of carbonyl (C=O) groups is 1. The molecule has 0 spiro atoms. The van der Waals surface area contributed by atoms with Crippen LogP contribution in [-0.2, 0) is 12.8 Å². The molecule has 0 aliphatic carbocycles. The molecule has 0 fully saturated rings. The van der Waals surface area contributed by atoms with Crippen LogP contribution in [0, 0.1) is 0 Å². The number of para-hydroxylation sites is 1. The first kappa shape index (κ1) is 10.7. The van der Waals surface area contributed by atoms with Crippen LogP contribution < -0.4 is 0 Å². The van der Waals surface area contributed by atoms with Crippen LogP contribution in [0.3, 0.4) is 0 Å². The molecule has 0 atom stereocenters. The normalized spacial score (nSPS) is 10.9. The van der Waals surface area contributed by atoms with Crippen LogP contribution in [0.15, 0.2) is 18.2 Å². The highest BCUT2D eigenvalue weighted by Crippen LogP contribution is 2.26. The molecule has 3 heteroatoms. The Kier molecular flexibility index (Phi) is 2.69. The van der Waals surface area contributed by atoms with Gasteiger partial charge in [-0.15, -0.1) is 0 Å². The van der Waals surface area contributed by atoms with E-state index in [9.17, 15) is 4.79 Å². The van der Waals surface area contributed by atoms with Crippen molar-refractivity contribution in [2.75, 3.05) is 0 Å². The minimum atomic E-state index is -0.880. The summed E-state index contributed by atoms with van der Waals surface area (Å²) in [6, 6.07) is 6.00. The van der Waals surface area contributed by atoms with E-state index in [1.807, 2.05) is 25.1 Å². The van der Waals surface area contributed by atoms with Crippen LogP contribution in [0.1, 0.15) is 35.5 Å². The van der Waals surface area contributed by atoms with Gasteiger partial charge in [-0.1, -0.05) is 32.0 Å². The van der Waals surface area contributed by atoms with Crippen molar-refractivity contribution in [1.29, 1.82) is 0 Å². The molecule has 0 saturated carbocycles. The SMILES string of the molecule is CCc1c(C(=O)O)[nH]c2c(CC)cccc12. The zero-order valence-electron chi connectivity index (χ0n) is 9.50. The van der Waals surface area contributed by atoms with Gasteiger partial charge in [0.05, 0.1) is 0 Å². The van der Waals surface area contributed by atoms with Crippen molar-refractivity contribution in [2.24, 2.45) is 0 Å². The van der Waals surface area contributed by atoms with Gasteiger partial charge in [-0.05, 0) is 24.0 Å². The second-order valence-corrected chi connectivity index (χ2v) is 3.83. The lowest BCUT2D eigenvalue weighted by Crippen LogP contribution is -2.00. The Hall–Kier alpha value is -1.77. The quantitative estimate of drug-likeness (QED) is 0.830. The van der Waals surface area contributed by atoms with E-state index in [0.29, 0.717) is 5.69 Å². The van der Waals surface area contributed by atoms with E-state index in [1.54, 1.807) is 0 Å². The van der Waals surface area contributed by atoms with Crippen molar-refractivity contribution in [3.63, 3.8) is 0 Å². The second-order valence-electron chi connectivity index (χ2n) is 3.83. The highest BCUT2D eigenvalue weighted by molar-refractivity contribution is 5.98. The van der Waals surface area contributed by atoms with Crippen molar-refractivity contribution in [1.82, 2.24) is 4.98 Å². The summed E-state index contributed by atoms with van der Waals surface area (Å²) in [5, 5.41) is 10.2. The zero-order chi connectivity index (χ0) is 11.7. The number of carboxylic acids is 1. The number of benzene rings is 1. The molecule has 16 heavy (non-hydrogen) atoms. The molecule has 84 valence electrons. The molecule has 1 aromatic heterocycles. The Bertz CT molecular complexity index is 540. The fourth-order valence-electron chi connectivity index (χ4n) is 2.18. The average Bonchev–Trinajstić information content (AvgIpc) is 2.67. The summed E-state index contributed by atoms with van der Waals surface area (Å²) < 4.78 is 0. The molecule has 2 aromatic rings. The molecular formula is C13H15NO2. The third-order valence-corrected chi connectivity index (χ3v) is 2.98. The van der Waals surface area contributed by atoms with Gasteiger partial charge < -0.3 is 10.1 Å².